The number of benzene rings is 2. The fourth-order valence-corrected chi connectivity index (χ4v) is 5.39. The smallest absolute Gasteiger partial charge is 0.0149 e. The highest BCUT2D eigenvalue weighted by Crippen LogP contribution is 2.42. The summed E-state index contributed by atoms with van der Waals surface area (Å²) in [5.41, 5.74) is 9.20. The quantitative estimate of drug-likeness (QED) is 0.525. The first-order valence-corrected chi connectivity index (χ1v) is 10.5. The maximum Gasteiger partial charge on any atom is -0.0149 e. The van der Waals surface area contributed by atoms with Gasteiger partial charge in [-0.05, 0) is 84.6 Å². The van der Waals surface area contributed by atoms with E-state index in [9.17, 15) is 0 Å². The zero-order chi connectivity index (χ0) is 18.1. The van der Waals surface area contributed by atoms with Crippen molar-refractivity contribution in [1.29, 1.82) is 0 Å². The number of hydrogen-bond donors (Lipinski definition) is 0. The lowest BCUT2D eigenvalue weighted by atomic mass is 9.71. The van der Waals surface area contributed by atoms with E-state index in [0.717, 1.165) is 17.8 Å². The van der Waals surface area contributed by atoms with Gasteiger partial charge in [-0.3, -0.25) is 0 Å². The van der Waals surface area contributed by atoms with E-state index in [1.165, 1.54) is 55.2 Å². The second-order valence-corrected chi connectivity index (χ2v) is 8.70. The van der Waals surface area contributed by atoms with Gasteiger partial charge in [0.2, 0.25) is 0 Å². The largest absolute Gasteiger partial charge is 0.0853 e. The zero-order valence-electron chi connectivity index (χ0n) is 16.6. The molecule has 0 heteroatoms. The van der Waals surface area contributed by atoms with Crippen LogP contribution < -0.4 is 0 Å². The summed E-state index contributed by atoms with van der Waals surface area (Å²) < 4.78 is 0. The summed E-state index contributed by atoms with van der Waals surface area (Å²) in [6.45, 7) is 7.07. The van der Waals surface area contributed by atoms with Crippen molar-refractivity contribution in [2.45, 2.75) is 59.3 Å². The van der Waals surface area contributed by atoms with Crippen LogP contribution >= 0.6 is 0 Å². The molecule has 3 atom stereocenters. The maximum absolute atomic E-state index is 2.52. The van der Waals surface area contributed by atoms with Crippen LogP contribution in [0.1, 0.15) is 56.7 Å². The van der Waals surface area contributed by atoms with Crippen LogP contribution in [0.3, 0.4) is 0 Å². The number of hydrogen-bond acceptors (Lipinski definition) is 0. The molecule has 136 valence electrons. The van der Waals surface area contributed by atoms with E-state index >= 15 is 0 Å². The average molecular weight is 345 g/mol. The van der Waals surface area contributed by atoms with Crippen LogP contribution in [0.15, 0.2) is 54.1 Å². The molecular weight excluding hydrogens is 312 g/mol. The van der Waals surface area contributed by atoms with Crippen molar-refractivity contribution in [2.75, 3.05) is 0 Å². The van der Waals surface area contributed by atoms with Gasteiger partial charge in [0.1, 0.15) is 0 Å². The number of allylic oxidation sites excluding steroid dienone is 2. The van der Waals surface area contributed by atoms with Gasteiger partial charge in [0, 0.05) is 0 Å². The Bertz CT molecular complexity index is 811. The van der Waals surface area contributed by atoms with E-state index in [2.05, 4.69) is 69.3 Å². The molecule has 2 aromatic carbocycles. The van der Waals surface area contributed by atoms with Gasteiger partial charge in [0.05, 0.1) is 0 Å². The molecule has 4 rings (SSSR count). The lowest BCUT2D eigenvalue weighted by Gasteiger charge is -2.34. The van der Waals surface area contributed by atoms with Crippen molar-refractivity contribution in [3.05, 3.63) is 70.8 Å². The molecule has 0 saturated carbocycles. The van der Waals surface area contributed by atoms with Crippen LogP contribution in [0, 0.1) is 17.8 Å². The van der Waals surface area contributed by atoms with E-state index in [0.29, 0.717) is 0 Å². The maximum atomic E-state index is 2.52. The monoisotopic (exact) mass is 344 g/mol. The molecular formula is C26H32. The predicted molar refractivity (Wildman–Crippen MR) is 112 cm³/mol. The molecule has 0 heterocycles. The van der Waals surface area contributed by atoms with Crippen molar-refractivity contribution < 1.29 is 0 Å². The third-order valence-electron chi connectivity index (χ3n) is 6.70. The third kappa shape index (κ3) is 3.39. The first kappa shape index (κ1) is 17.6. The van der Waals surface area contributed by atoms with Gasteiger partial charge in [0.15, 0.2) is 0 Å². The van der Waals surface area contributed by atoms with E-state index in [4.69, 9.17) is 0 Å². The minimum atomic E-state index is 0.758. The van der Waals surface area contributed by atoms with Gasteiger partial charge < -0.3 is 0 Å². The van der Waals surface area contributed by atoms with Crippen LogP contribution in [-0.4, -0.2) is 0 Å². The lowest BCUT2D eigenvalue weighted by Crippen LogP contribution is -2.27. The molecule has 0 radical (unpaired) electrons. The molecule has 0 spiro atoms. The Morgan fingerprint density at radius 1 is 0.923 bits per heavy atom. The Morgan fingerprint density at radius 3 is 2.50 bits per heavy atom. The van der Waals surface area contributed by atoms with Crippen LogP contribution in [0.25, 0.3) is 11.1 Å². The molecule has 0 bridgehead atoms. The highest BCUT2D eigenvalue weighted by Gasteiger charge is 2.31. The van der Waals surface area contributed by atoms with E-state index < -0.39 is 0 Å². The number of rotatable bonds is 3. The number of aryl methyl sites for hydroxylation is 1. The van der Waals surface area contributed by atoms with Gasteiger partial charge in [-0.15, -0.1) is 0 Å². The second kappa shape index (κ2) is 7.43. The Morgan fingerprint density at radius 2 is 1.69 bits per heavy atom. The summed E-state index contributed by atoms with van der Waals surface area (Å²) in [7, 11) is 0. The molecule has 2 aliphatic rings. The van der Waals surface area contributed by atoms with E-state index in [1.807, 2.05) is 0 Å². The minimum Gasteiger partial charge on any atom is -0.0853 e. The highest BCUT2D eigenvalue weighted by molar-refractivity contribution is 5.72. The van der Waals surface area contributed by atoms with Crippen LogP contribution in [-0.2, 0) is 19.3 Å². The molecule has 26 heavy (non-hydrogen) atoms. The van der Waals surface area contributed by atoms with Gasteiger partial charge in [-0.25, -0.2) is 0 Å². The van der Waals surface area contributed by atoms with Gasteiger partial charge in [-0.1, -0.05) is 74.4 Å². The molecule has 0 aliphatic heterocycles. The highest BCUT2D eigenvalue weighted by atomic mass is 14.4. The number of fused-ring (bicyclic) bond motifs is 3. The van der Waals surface area contributed by atoms with Crippen LogP contribution in [0.4, 0.5) is 0 Å². The molecule has 2 aliphatic carbocycles. The van der Waals surface area contributed by atoms with Gasteiger partial charge >= 0.3 is 0 Å². The minimum absolute atomic E-state index is 0.758. The Labute approximate surface area is 159 Å². The third-order valence-corrected chi connectivity index (χ3v) is 6.70. The standard InChI is InChI=1S/C26H32/c1-4-7-20-11-13-26-22(15-20)17-23(16-21-8-5-6-9-25(21)26)24-12-10-18(2)14-19(24)3/h5-6,8-11,13,15,19,23-24H,4,7,12,14,16-17H2,1-3H3. The molecule has 0 N–H and O–H groups in total. The Balaban J connectivity index is 1.75. The summed E-state index contributed by atoms with van der Waals surface area (Å²) >= 11 is 0. The van der Waals surface area contributed by atoms with Crippen molar-refractivity contribution in [3.63, 3.8) is 0 Å². The Kier molecular flexibility index (Phi) is 5.02. The average Bonchev–Trinajstić information content (AvgIpc) is 2.78. The first-order chi connectivity index (χ1) is 12.7. The van der Waals surface area contributed by atoms with Gasteiger partial charge in [-0.2, -0.15) is 0 Å². The topological polar surface area (TPSA) is 0 Å². The van der Waals surface area contributed by atoms with E-state index in [-0.39, 0.29) is 0 Å². The fourth-order valence-electron chi connectivity index (χ4n) is 5.39. The molecule has 0 nitrogen and oxygen atoms in total. The molecule has 0 aromatic heterocycles. The molecule has 0 amide bonds. The summed E-state index contributed by atoms with van der Waals surface area (Å²) in [5, 5.41) is 0. The predicted octanol–water partition coefficient (Wildman–Crippen LogP) is 7.01. The van der Waals surface area contributed by atoms with Crippen molar-refractivity contribution in [2.24, 2.45) is 17.8 Å². The summed E-state index contributed by atoms with van der Waals surface area (Å²) in [6.07, 6.45) is 9.95. The fraction of sp³-hybridized carbons (Fsp3) is 0.462. The SMILES string of the molecule is CCCc1ccc2c(c1)CC(C1CC=C(C)CC1C)Cc1ccccc1-2. The summed E-state index contributed by atoms with van der Waals surface area (Å²) in [5.74, 6) is 2.37. The van der Waals surface area contributed by atoms with Crippen molar-refractivity contribution >= 4 is 0 Å². The normalized spacial score (nSPS) is 25.0. The van der Waals surface area contributed by atoms with E-state index in [1.54, 1.807) is 16.7 Å². The second-order valence-electron chi connectivity index (χ2n) is 8.70. The lowest BCUT2D eigenvalue weighted by molar-refractivity contribution is 0.226. The zero-order valence-corrected chi connectivity index (χ0v) is 16.6. The van der Waals surface area contributed by atoms with Gasteiger partial charge in [0.25, 0.3) is 0 Å². The molecule has 3 unspecified atom stereocenters. The van der Waals surface area contributed by atoms with Crippen molar-refractivity contribution in [1.82, 2.24) is 0 Å². The first-order valence-electron chi connectivity index (χ1n) is 10.5. The molecule has 0 saturated heterocycles. The summed E-state index contributed by atoms with van der Waals surface area (Å²) in [6, 6.07) is 16.4. The summed E-state index contributed by atoms with van der Waals surface area (Å²) in [4.78, 5) is 0. The molecule has 0 fully saturated rings. The van der Waals surface area contributed by atoms with Crippen LogP contribution in [0.5, 0.6) is 0 Å². The Hall–Kier alpha value is -1.82. The van der Waals surface area contributed by atoms with Crippen molar-refractivity contribution in [3.8, 4) is 11.1 Å². The van der Waals surface area contributed by atoms with Crippen LogP contribution in [0.2, 0.25) is 0 Å². The molecule has 2 aromatic rings.